The van der Waals surface area contributed by atoms with E-state index in [1.807, 2.05) is 0 Å². The fourth-order valence-electron chi connectivity index (χ4n) is 1.95. The number of ether oxygens (including phenoxy) is 1. The Kier molecular flexibility index (Phi) is 3.90. The van der Waals surface area contributed by atoms with E-state index in [1.54, 1.807) is 31.3 Å². The van der Waals surface area contributed by atoms with Crippen LogP contribution in [0.4, 0.5) is 5.69 Å². The SMILES string of the molecule is Cc1cc(Oc2ncnc(-n3ccnc3)c2[N+](=O)[O-])ccc1Cl. The average Bonchev–Trinajstić information content (AvgIpc) is 3.05. The first kappa shape index (κ1) is 14.9. The molecule has 2 aromatic heterocycles. The second-order valence-electron chi connectivity index (χ2n) is 4.59. The number of hydrogen-bond donors (Lipinski definition) is 0. The van der Waals surface area contributed by atoms with Crippen LogP contribution in [0.2, 0.25) is 5.02 Å². The van der Waals surface area contributed by atoms with Crippen LogP contribution in [0.1, 0.15) is 5.56 Å². The van der Waals surface area contributed by atoms with Crippen LogP contribution in [0.25, 0.3) is 5.82 Å². The van der Waals surface area contributed by atoms with Gasteiger partial charge in [-0.2, -0.15) is 4.98 Å². The van der Waals surface area contributed by atoms with Crippen molar-refractivity contribution in [1.82, 2.24) is 19.5 Å². The Hall–Kier alpha value is -3.00. The Morgan fingerprint density at radius 1 is 1.35 bits per heavy atom. The number of benzene rings is 1. The molecule has 0 atom stereocenters. The maximum Gasteiger partial charge on any atom is 0.374 e. The minimum atomic E-state index is -0.590. The second kappa shape index (κ2) is 6.01. The van der Waals surface area contributed by atoms with Crippen molar-refractivity contribution >= 4 is 17.3 Å². The Bertz CT molecular complexity index is 867. The Morgan fingerprint density at radius 2 is 2.17 bits per heavy atom. The van der Waals surface area contributed by atoms with Crippen LogP contribution >= 0.6 is 11.6 Å². The third-order valence-corrected chi connectivity index (χ3v) is 3.47. The average molecular weight is 332 g/mol. The minimum Gasteiger partial charge on any atom is -0.434 e. The van der Waals surface area contributed by atoms with Gasteiger partial charge < -0.3 is 4.74 Å². The minimum absolute atomic E-state index is 0.0724. The molecule has 0 bridgehead atoms. The quantitative estimate of drug-likeness (QED) is 0.537. The van der Waals surface area contributed by atoms with Crippen LogP contribution in [0.3, 0.4) is 0 Å². The van der Waals surface area contributed by atoms with Crippen LogP contribution in [-0.4, -0.2) is 24.4 Å². The molecule has 0 radical (unpaired) electrons. The first-order valence-corrected chi connectivity index (χ1v) is 6.86. The van der Waals surface area contributed by atoms with Crippen molar-refractivity contribution in [2.45, 2.75) is 6.92 Å². The van der Waals surface area contributed by atoms with Gasteiger partial charge in [-0.05, 0) is 30.7 Å². The molecule has 23 heavy (non-hydrogen) atoms. The zero-order chi connectivity index (χ0) is 16.4. The van der Waals surface area contributed by atoms with E-state index in [1.165, 1.54) is 23.4 Å². The first-order chi connectivity index (χ1) is 11.1. The Balaban J connectivity index is 2.07. The van der Waals surface area contributed by atoms with Gasteiger partial charge in [0.15, 0.2) is 0 Å². The monoisotopic (exact) mass is 331 g/mol. The molecule has 3 rings (SSSR count). The predicted molar refractivity (Wildman–Crippen MR) is 82.1 cm³/mol. The molecule has 0 unspecified atom stereocenters. The molecule has 116 valence electrons. The van der Waals surface area contributed by atoms with E-state index in [4.69, 9.17) is 16.3 Å². The van der Waals surface area contributed by atoms with Crippen molar-refractivity contribution in [3.8, 4) is 17.4 Å². The lowest BCUT2D eigenvalue weighted by molar-refractivity contribution is -0.386. The molecule has 0 N–H and O–H groups in total. The summed E-state index contributed by atoms with van der Waals surface area (Å²) in [5, 5.41) is 12.0. The van der Waals surface area contributed by atoms with E-state index in [0.717, 1.165) is 5.56 Å². The van der Waals surface area contributed by atoms with Crippen LogP contribution < -0.4 is 4.74 Å². The molecule has 0 aliphatic carbocycles. The van der Waals surface area contributed by atoms with Gasteiger partial charge in [-0.25, -0.2) is 9.97 Å². The molecule has 0 spiro atoms. The van der Waals surface area contributed by atoms with E-state index in [0.29, 0.717) is 10.8 Å². The lowest BCUT2D eigenvalue weighted by Crippen LogP contribution is -2.05. The van der Waals surface area contributed by atoms with Crippen molar-refractivity contribution < 1.29 is 9.66 Å². The summed E-state index contributed by atoms with van der Waals surface area (Å²) in [7, 11) is 0. The normalized spacial score (nSPS) is 10.5. The van der Waals surface area contributed by atoms with Gasteiger partial charge in [0.2, 0.25) is 5.82 Å². The van der Waals surface area contributed by atoms with Gasteiger partial charge in [0.05, 0.1) is 4.92 Å². The van der Waals surface area contributed by atoms with Crippen molar-refractivity contribution in [3.05, 3.63) is 63.9 Å². The van der Waals surface area contributed by atoms with Gasteiger partial charge in [0.25, 0.3) is 0 Å². The molecule has 0 aliphatic heterocycles. The number of imidazole rings is 1. The van der Waals surface area contributed by atoms with Crippen molar-refractivity contribution in [2.24, 2.45) is 0 Å². The van der Waals surface area contributed by atoms with Crippen molar-refractivity contribution in [2.75, 3.05) is 0 Å². The van der Waals surface area contributed by atoms with Crippen molar-refractivity contribution in [3.63, 3.8) is 0 Å². The van der Waals surface area contributed by atoms with Gasteiger partial charge in [-0.3, -0.25) is 14.7 Å². The molecular formula is C14H10ClN5O3. The highest BCUT2D eigenvalue weighted by atomic mass is 35.5. The van der Waals surface area contributed by atoms with Crippen LogP contribution in [0.15, 0.2) is 43.2 Å². The lowest BCUT2D eigenvalue weighted by Gasteiger charge is -2.08. The zero-order valence-electron chi connectivity index (χ0n) is 11.9. The zero-order valence-corrected chi connectivity index (χ0v) is 12.6. The number of aryl methyl sites for hydroxylation is 1. The lowest BCUT2D eigenvalue weighted by atomic mass is 10.2. The van der Waals surface area contributed by atoms with Gasteiger partial charge in [0.1, 0.15) is 18.4 Å². The first-order valence-electron chi connectivity index (χ1n) is 6.48. The standard InChI is InChI=1S/C14H10ClN5O3/c1-9-6-10(2-3-11(9)15)23-14-12(20(21)22)13(17-7-18-14)19-5-4-16-8-19/h2-8H,1H3. The van der Waals surface area contributed by atoms with Crippen molar-refractivity contribution in [1.29, 1.82) is 0 Å². The van der Waals surface area contributed by atoms with Gasteiger partial charge in [-0.1, -0.05) is 11.6 Å². The molecule has 3 aromatic rings. The highest BCUT2D eigenvalue weighted by Crippen LogP contribution is 2.33. The summed E-state index contributed by atoms with van der Waals surface area (Å²) in [6.07, 6.45) is 5.65. The fourth-order valence-corrected chi connectivity index (χ4v) is 2.07. The molecule has 0 fully saturated rings. The molecule has 0 amide bonds. The number of nitrogens with zero attached hydrogens (tertiary/aromatic N) is 5. The van der Waals surface area contributed by atoms with E-state index in [9.17, 15) is 10.1 Å². The number of nitro groups is 1. The maximum absolute atomic E-state index is 11.4. The van der Waals surface area contributed by atoms with Crippen LogP contribution in [-0.2, 0) is 0 Å². The Labute approximate surface area is 135 Å². The number of aromatic nitrogens is 4. The predicted octanol–water partition coefficient (Wildman–Crippen LogP) is 3.32. The molecule has 1 aromatic carbocycles. The molecule has 9 heteroatoms. The molecule has 2 heterocycles. The molecule has 8 nitrogen and oxygen atoms in total. The summed E-state index contributed by atoms with van der Waals surface area (Å²) >= 11 is 5.96. The fraction of sp³-hybridized carbons (Fsp3) is 0.0714. The number of hydrogen-bond acceptors (Lipinski definition) is 6. The van der Waals surface area contributed by atoms with Gasteiger partial charge in [-0.15, -0.1) is 0 Å². The Morgan fingerprint density at radius 3 is 2.83 bits per heavy atom. The third kappa shape index (κ3) is 2.97. The van der Waals surface area contributed by atoms with Gasteiger partial charge >= 0.3 is 11.6 Å². The third-order valence-electron chi connectivity index (χ3n) is 3.04. The summed E-state index contributed by atoms with van der Waals surface area (Å²) in [6, 6.07) is 4.93. The van der Waals surface area contributed by atoms with Crippen LogP contribution in [0, 0.1) is 17.0 Å². The maximum atomic E-state index is 11.4. The summed E-state index contributed by atoms with van der Waals surface area (Å²) in [4.78, 5) is 22.5. The molecule has 0 saturated carbocycles. The van der Waals surface area contributed by atoms with E-state index < -0.39 is 4.92 Å². The smallest absolute Gasteiger partial charge is 0.374 e. The second-order valence-corrected chi connectivity index (χ2v) is 5.00. The van der Waals surface area contributed by atoms with E-state index in [-0.39, 0.29) is 17.4 Å². The largest absolute Gasteiger partial charge is 0.434 e. The number of rotatable bonds is 4. The summed E-state index contributed by atoms with van der Waals surface area (Å²) < 4.78 is 6.98. The topological polar surface area (TPSA) is 96.0 Å². The number of halogens is 1. The van der Waals surface area contributed by atoms with E-state index in [2.05, 4.69) is 15.0 Å². The summed E-state index contributed by atoms with van der Waals surface area (Å²) in [6.45, 7) is 1.81. The molecule has 0 aliphatic rings. The highest BCUT2D eigenvalue weighted by Gasteiger charge is 2.26. The van der Waals surface area contributed by atoms with E-state index >= 15 is 0 Å². The molecular weight excluding hydrogens is 322 g/mol. The van der Waals surface area contributed by atoms with Gasteiger partial charge in [0, 0.05) is 17.4 Å². The van der Waals surface area contributed by atoms with Crippen LogP contribution in [0.5, 0.6) is 11.6 Å². The summed E-state index contributed by atoms with van der Waals surface area (Å²) in [5.41, 5.74) is 0.439. The summed E-state index contributed by atoms with van der Waals surface area (Å²) in [5.74, 6) is 0.309. The molecule has 0 saturated heterocycles. The highest BCUT2D eigenvalue weighted by molar-refractivity contribution is 6.31.